The second kappa shape index (κ2) is 5.64. The van der Waals surface area contributed by atoms with Crippen molar-refractivity contribution in [3.8, 4) is 5.75 Å². The maximum Gasteiger partial charge on any atom is 0.260 e. The minimum Gasteiger partial charge on any atom is -0.484 e. The first-order valence-electron chi connectivity index (χ1n) is 7.68. The van der Waals surface area contributed by atoms with Crippen LogP contribution in [0, 0.1) is 5.82 Å². The Morgan fingerprint density at radius 1 is 1.26 bits per heavy atom. The van der Waals surface area contributed by atoms with Crippen LogP contribution in [0.4, 0.5) is 4.39 Å². The number of hydrogen-bond donors (Lipinski definition) is 0. The zero-order chi connectivity index (χ0) is 15.8. The highest BCUT2D eigenvalue weighted by atomic mass is 19.1. The van der Waals surface area contributed by atoms with Crippen molar-refractivity contribution >= 4 is 5.91 Å². The van der Waals surface area contributed by atoms with Crippen LogP contribution in [0.15, 0.2) is 28.8 Å². The van der Waals surface area contributed by atoms with Gasteiger partial charge >= 0.3 is 0 Å². The van der Waals surface area contributed by atoms with E-state index < -0.39 is 0 Å². The topological polar surface area (TPSA) is 68.5 Å². The lowest BCUT2D eigenvalue weighted by atomic mass is 10.0. The molecule has 0 N–H and O–H groups in total. The molecule has 0 atom stereocenters. The molecule has 1 saturated carbocycles. The van der Waals surface area contributed by atoms with Crippen LogP contribution in [-0.2, 0) is 4.79 Å². The minimum absolute atomic E-state index is 0.0600. The summed E-state index contributed by atoms with van der Waals surface area (Å²) in [7, 11) is 0. The molecule has 1 aliphatic carbocycles. The van der Waals surface area contributed by atoms with Crippen molar-refractivity contribution in [3.05, 3.63) is 41.8 Å². The summed E-state index contributed by atoms with van der Waals surface area (Å²) in [6.07, 6.45) is 2.27. The lowest BCUT2D eigenvalue weighted by Gasteiger charge is -2.36. The summed E-state index contributed by atoms with van der Waals surface area (Å²) in [5.74, 6) is 2.04. The molecular formula is C16H16FN3O3. The van der Waals surface area contributed by atoms with Crippen molar-refractivity contribution in [1.82, 2.24) is 15.0 Å². The number of rotatable bonds is 5. The third-order valence-electron chi connectivity index (χ3n) is 4.16. The van der Waals surface area contributed by atoms with Gasteiger partial charge in [0.1, 0.15) is 11.6 Å². The summed E-state index contributed by atoms with van der Waals surface area (Å²) in [6, 6.07) is 5.59. The van der Waals surface area contributed by atoms with Crippen molar-refractivity contribution in [3.63, 3.8) is 0 Å². The molecule has 2 aromatic rings. The number of ether oxygens (including phenoxy) is 1. The van der Waals surface area contributed by atoms with Crippen molar-refractivity contribution in [1.29, 1.82) is 0 Å². The SMILES string of the molecule is O=C(COc1ccc(F)cc1)N1CC(c2nc(C3CC3)no2)C1. The van der Waals surface area contributed by atoms with Crippen molar-refractivity contribution in [2.45, 2.75) is 24.7 Å². The molecule has 0 radical (unpaired) electrons. The van der Waals surface area contributed by atoms with Gasteiger partial charge in [-0.3, -0.25) is 4.79 Å². The largest absolute Gasteiger partial charge is 0.484 e. The van der Waals surface area contributed by atoms with Gasteiger partial charge in [0.05, 0.1) is 5.92 Å². The van der Waals surface area contributed by atoms with Crippen LogP contribution in [0.1, 0.15) is 36.4 Å². The molecule has 1 aromatic carbocycles. The molecule has 1 saturated heterocycles. The van der Waals surface area contributed by atoms with E-state index in [0.717, 1.165) is 18.7 Å². The molecule has 1 aliphatic heterocycles. The van der Waals surface area contributed by atoms with Gasteiger partial charge in [-0.25, -0.2) is 4.39 Å². The van der Waals surface area contributed by atoms with E-state index in [-0.39, 0.29) is 24.2 Å². The van der Waals surface area contributed by atoms with Gasteiger partial charge in [-0.05, 0) is 37.1 Å². The van der Waals surface area contributed by atoms with Gasteiger partial charge in [-0.1, -0.05) is 5.16 Å². The number of hydrogen-bond acceptors (Lipinski definition) is 5. The second-order valence-electron chi connectivity index (χ2n) is 6.00. The highest BCUT2D eigenvalue weighted by molar-refractivity contribution is 5.78. The highest BCUT2D eigenvalue weighted by Gasteiger charge is 2.37. The van der Waals surface area contributed by atoms with E-state index in [0.29, 0.717) is 30.6 Å². The molecule has 2 fully saturated rings. The minimum atomic E-state index is -0.334. The number of likely N-dealkylation sites (tertiary alicyclic amines) is 1. The number of carbonyl (C=O) groups is 1. The fraction of sp³-hybridized carbons (Fsp3) is 0.438. The zero-order valence-electron chi connectivity index (χ0n) is 12.4. The quantitative estimate of drug-likeness (QED) is 0.844. The maximum absolute atomic E-state index is 12.8. The Kier molecular flexibility index (Phi) is 3.48. The van der Waals surface area contributed by atoms with E-state index in [4.69, 9.17) is 9.26 Å². The Morgan fingerprint density at radius 3 is 2.70 bits per heavy atom. The number of halogens is 1. The van der Waals surface area contributed by atoms with Crippen molar-refractivity contribution in [2.24, 2.45) is 0 Å². The Balaban J connectivity index is 1.25. The van der Waals surface area contributed by atoms with Gasteiger partial charge in [-0.2, -0.15) is 4.98 Å². The predicted molar refractivity (Wildman–Crippen MR) is 77.5 cm³/mol. The van der Waals surface area contributed by atoms with Crippen molar-refractivity contribution in [2.75, 3.05) is 19.7 Å². The van der Waals surface area contributed by atoms with Crippen LogP contribution in [0.5, 0.6) is 5.75 Å². The average molecular weight is 317 g/mol. The normalized spacial score (nSPS) is 17.9. The molecule has 2 aliphatic rings. The standard InChI is InChI=1S/C16H16FN3O3/c17-12-3-5-13(6-4-12)22-9-14(21)20-7-11(8-20)16-18-15(19-23-16)10-1-2-10/h3-6,10-11H,1-2,7-9H2. The summed E-state index contributed by atoms with van der Waals surface area (Å²) in [4.78, 5) is 18.1. The summed E-state index contributed by atoms with van der Waals surface area (Å²) >= 11 is 0. The predicted octanol–water partition coefficient (Wildman–Crippen LogP) is 2.09. The van der Waals surface area contributed by atoms with E-state index in [1.165, 1.54) is 24.3 Å². The van der Waals surface area contributed by atoms with Gasteiger partial charge in [0, 0.05) is 19.0 Å². The number of aromatic nitrogens is 2. The molecule has 0 spiro atoms. The third kappa shape index (κ3) is 3.04. The van der Waals surface area contributed by atoms with Crippen LogP contribution < -0.4 is 4.74 Å². The highest BCUT2D eigenvalue weighted by Crippen LogP contribution is 2.39. The number of nitrogens with zero attached hydrogens (tertiary/aromatic N) is 3. The fourth-order valence-electron chi connectivity index (χ4n) is 2.53. The first-order chi connectivity index (χ1) is 11.2. The van der Waals surface area contributed by atoms with Gasteiger partial charge in [-0.15, -0.1) is 0 Å². The second-order valence-corrected chi connectivity index (χ2v) is 6.00. The fourth-order valence-corrected chi connectivity index (χ4v) is 2.53. The number of benzene rings is 1. The first-order valence-corrected chi connectivity index (χ1v) is 7.68. The smallest absolute Gasteiger partial charge is 0.260 e. The monoisotopic (exact) mass is 317 g/mol. The summed E-state index contributed by atoms with van der Waals surface area (Å²) in [6.45, 7) is 1.07. The third-order valence-corrected chi connectivity index (χ3v) is 4.16. The van der Waals surface area contributed by atoms with E-state index in [1.807, 2.05) is 0 Å². The summed E-state index contributed by atoms with van der Waals surface area (Å²) < 4.78 is 23.4. The van der Waals surface area contributed by atoms with E-state index in [1.54, 1.807) is 4.90 Å². The molecule has 120 valence electrons. The maximum atomic E-state index is 12.8. The Hall–Kier alpha value is -2.44. The Bertz CT molecular complexity index is 706. The van der Waals surface area contributed by atoms with Crippen LogP contribution in [0.3, 0.4) is 0 Å². The van der Waals surface area contributed by atoms with Crippen LogP contribution in [0.2, 0.25) is 0 Å². The van der Waals surface area contributed by atoms with E-state index in [2.05, 4.69) is 10.1 Å². The molecule has 0 bridgehead atoms. The van der Waals surface area contributed by atoms with E-state index >= 15 is 0 Å². The molecule has 1 amide bonds. The molecule has 7 heteroatoms. The number of amides is 1. The van der Waals surface area contributed by atoms with Crippen molar-refractivity contribution < 1.29 is 18.4 Å². The zero-order valence-corrected chi connectivity index (χ0v) is 12.4. The molecular weight excluding hydrogens is 301 g/mol. The van der Waals surface area contributed by atoms with Gasteiger partial charge < -0.3 is 14.2 Å². The van der Waals surface area contributed by atoms with E-state index in [9.17, 15) is 9.18 Å². The lowest BCUT2D eigenvalue weighted by molar-refractivity contribution is -0.138. The Labute approximate surface area is 132 Å². The van der Waals surface area contributed by atoms with Gasteiger partial charge in [0.25, 0.3) is 5.91 Å². The molecule has 4 rings (SSSR count). The van der Waals surface area contributed by atoms with Crippen LogP contribution in [0.25, 0.3) is 0 Å². The Morgan fingerprint density at radius 2 is 2.00 bits per heavy atom. The van der Waals surface area contributed by atoms with Crippen LogP contribution in [-0.4, -0.2) is 40.6 Å². The van der Waals surface area contributed by atoms with Gasteiger partial charge in [0.2, 0.25) is 5.89 Å². The molecule has 2 heterocycles. The van der Waals surface area contributed by atoms with Crippen LogP contribution >= 0.6 is 0 Å². The summed E-state index contributed by atoms with van der Waals surface area (Å²) in [5, 5.41) is 3.99. The summed E-state index contributed by atoms with van der Waals surface area (Å²) in [5.41, 5.74) is 0. The van der Waals surface area contributed by atoms with Gasteiger partial charge in [0.15, 0.2) is 12.4 Å². The molecule has 1 aromatic heterocycles. The molecule has 6 nitrogen and oxygen atoms in total. The molecule has 0 unspecified atom stereocenters. The first kappa shape index (κ1) is 14.2. The number of carbonyl (C=O) groups excluding carboxylic acids is 1. The lowest BCUT2D eigenvalue weighted by Crippen LogP contribution is -2.50. The average Bonchev–Trinajstić information content (AvgIpc) is 3.25. The molecule has 23 heavy (non-hydrogen) atoms.